The van der Waals surface area contributed by atoms with E-state index in [0.717, 1.165) is 47.5 Å². The molecule has 4 rings (SSSR count). The second-order valence-electron chi connectivity index (χ2n) is 8.92. The minimum absolute atomic E-state index is 0.180. The summed E-state index contributed by atoms with van der Waals surface area (Å²) in [5.74, 6) is 0.686. The van der Waals surface area contributed by atoms with E-state index >= 15 is 0 Å². The first-order chi connectivity index (χ1) is 16.8. The number of carbonyl (C=O) groups is 1. The molecule has 9 nitrogen and oxygen atoms in total. The quantitative estimate of drug-likeness (QED) is 0.388. The molecule has 186 valence electrons. The molecule has 1 aliphatic rings. The molecule has 0 atom stereocenters. The second-order valence-corrected chi connectivity index (χ2v) is 10.7. The van der Waals surface area contributed by atoms with Crippen LogP contribution >= 0.6 is 27.3 Å². The normalized spacial score (nSPS) is 14.7. The highest BCUT2D eigenvalue weighted by Crippen LogP contribution is 2.34. The van der Waals surface area contributed by atoms with Crippen molar-refractivity contribution in [3.05, 3.63) is 63.3 Å². The van der Waals surface area contributed by atoms with E-state index in [2.05, 4.69) is 77.3 Å². The van der Waals surface area contributed by atoms with Gasteiger partial charge in [-0.25, -0.2) is 19.7 Å². The van der Waals surface area contributed by atoms with Crippen molar-refractivity contribution in [2.45, 2.75) is 25.8 Å². The Labute approximate surface area is 217 Å². The van der Waals surface area contributed by atoms with Crippen molar-refractivity contribution in [3.63, 3.8) is 0 Å². The largest absolute Gasteiger partial charge is 0.395 e. The number of amides is 2. The molecule has 0 radical (unpaired) electrons. The first-order valence-corrected chi connectivity index (χ1v) is 13.2. The minimum atomic E-state index is -0.323. The number of aromatic nitrogens is 3. The Kier molecular flexibility index (Phi) is 8.32. The van der Waals surface area contributed by atoms with E-state index in [1.807, 2.05) is 17.5 Å². The van der Waals surface area contributed by atoms with Crippen LogP contribution in [0.15, 0.2) is 46.5 Å². The number of nitrogens with one attached hydrogen (secondary N) is 2. The van der Waals surface area contributed by atoms with Gasteiger partial charge in [0, 0.05) is 72.5 Å². The number of nitrogens with zero attached hydrogens (tertiary/aromatic N) is 5. The summed E-state index contributed by atoms with van der Waals surface area (Å²) in [6.45, 7) is 8.86. The fourth-order valence-electron chi connectivity index (χ4n) is 3.87. The van der Waals surface area contributed by atoms with E-state index in [1.165, 1.54) is 11.3 Å². The lowest BCUT2D eigenvalue weighted by Gasteiger charge is -2.34. The molecule has 3 aromatic rings. The van der Waals surface area contributed by atoms with Crippen molar-refractivity contribution in [1.82, 2.24) is 25.2 Å². The Morgan fingerprint density at radius 3 is 2.49 bits per heavy atom. The SMILES string of the molecule is CC(C)(c1ccc(Br)cc1)c1csc(NC(=O)NCc2cnc(N3CCN(CCO)CC3)nc2)n1. The van der Waals surface area contributed by atoms with Crippen molar-refractivity contribution in [3.8, 4) is 0 Å². The van der Waals surface area contributed by atoms with Gasteiger partial charge in [0.05, 0.1) is 12.3 Å². The number of benzene rings is 1. The zero-order valence-corrected chi connectivity index (χ0v) is 22.3. The van der Waals surface area contributed by atoms with Gasteiger partial charge >= 0.3 is 6.03 Å². The summed E-state index contributed by atoms with van der Waals surface area (Å²) in [6, 6.07) is 7.87. The summed E-state index contributed by atoms with van der Waals surface area (Å²) < 4.78 is 1.03. The average Bonchev–Trinajstić information content (AvgIpc) is 3.33. The molecule has 11 heteroatoms. The zero-order chi connectivity index (χ0) is 24.8. The van der Waals surface area contributed by atoms with Crippen LogP contribution in [-0.2, 0) is 12.0 Å². The van der Waals surface area contributed by atoms with Crippen molar-refractivity contribution in [2.75, 3.05) is 49.5 Å². The van der Waals surface area contributed by atoms with Crippen LogP contribution in [0.5, 0.6) is 0 Å². The highest BCUT2D eigenvalue weighted by molar-refractivity contribution is 9.10. The Balaban J connectivity index is 1.27. The smallest absolute Gasteiger partial charge is 0.321 e. The topological polar surface area (TPSA) is 107 Å². The monoisotopic (exact) mass is 559 g/mol. The second kappa shape index (κ2) is 11.4. The van der Waals surface area contributed by atoms with Crippen LogP contribution in [0.4, 0.5) is 15.9 Å². The molecular formula is C24H30BrN7O2S. The van der Waals surface area contributed by atoms with Gasteiger partial charge < -0.3 is 15.3 Å². The van der Waals surface area contributed by atoms with Crippen molar-refractivity contribution >= 4 is 44.4 Å². The van der Waals surface area contributed by atoms with Crippen molar-refractivity contribution in [1.29, 1.82) is 0 Å². The van der Waals surface area contributed by atoms with Gasteiger partial charge in [0.1, 0.15) is 0 Å². The predicted molar refractivity (Wildman–Crippen MR) is 142 cm³/mol. The molecule has 3 heterocycles. The third-order valence-corrected chi connectivity index (χ3v) is 7.43. The summed E-state index contributed by atoms with van der Waals surface area (Å²) >= 11 is 4.88. The van der Waals surface area contributed by atoms with Gasteiger partial charge in [0.25, 0.3) is 0 Å². The maximum atomic E-state index is 12.4. The molecule has 0 unspecified atom stereocenters. The summed E-state index contributed by atoms with van der Waals surface area (Å²) in [5, 5.41) is 17.3. The molecule has 3 N–H and O–H groups in total. The van der Waals surface area contributed by atoms with Gasteiger partial charge in [-0.05, 0) is 17.7 Å². The predicted octanol–water partition coefficient (Wildman–Crippen LogP) is 3.46. The number of rotatable bonds is 8. The van der Waals surface area contributed by atoms with Crippen molar-refractivity contribution < 1.29 is 9.90 Å². The molecule has 2 amide bonds. The molecule has 1 aliphatic heterocycles. The van der Waals surface area contributed by atoms with E-state index in [4.69, 9.17) is 5.11 Å². The van der Waals surface area contributed by atoms with Crippen LogP contribution in [-0.4, -0.2) is 70.3 Å². The Bertz CT molecular complexity index is 1110. The molecule has 1 saturated heterocycles. The number of β-amino-alcohol motifs (C(OH)–C–C–N with tert-alkyl or cyclic N) is 1. The van der Waals surface area contributed by atoms with E-state index in [-0.39, 0.29) is 18.1 Å². The molecule has 1 fully saturated rings. The van der Waals surface area contributed by atoms with Crippen LogP contribution in [0, 0.1) is 0 Å². The number of hydrogen-bond acceptors (Lipinski definition) is 8. The number of piperazine rings is 1. The lowest BCUT2D eigenvalue weighted by molar-refractivity contribution is 0.188. The molecule has 0 bridgehead atoms. The van der Waals surface area contributed by atoms with Gasteiger partial charge in [0.2, 0.25) is 5.95 Å². The first kappa shape index (κ1) is 25.5. The lowest BCUT2D eigenvalue weighted by Crippen LogP contribution is -2.47. The number of urea groups is 1. The van der Waals surface area contributed by atoms with Crippen LogP contribution in [0.1, 0.15) is 30.7 Å². The van der Waals surface area contributed by atoms with Crippen LogP contribution in [0.2, 0.25) is 0 Å². The number of halogens is 1. The molecular weight excluding hydrogens is 530 g/mol. The minimum Gasteiger partial charge on any atom is -0.395 e. The number of aliphatic hydroxyl groups is 1. The fourth-order valence-corrected chi connectivity index (χ4v) is 5.01. The summed E-state index contributed by atoms with van der Waals surface area (Å²) in [5.41, 5.74) is 2.59. The molecule has 2 aromatic heterocycles. The van der Waals surface area contributed by atoms with Crippen LogP contribution < -0.4 is 15.5 Å². The van der Waals surface area contributed by atoms with E-state index in [0.29, 0.717) is 24.2 Å². The summed E-state index contributed by atoms with van der Waals surface area (Å²) in [4.78, 5) is 30.3. The number of aliphatic hydroxyl groups excluding tert-OH is 1. The van der Waals surface area contributed by atoms with Gasteiger partial charge in [-0.15, -0.1) is 11.3 Å². The highest BCUT2D eigenvalue weighted by Gasteiger charge is 2.26. The average molecular weight is 561 g/mol. The van der Waals surface area contributed by atoms with E-state index < -0.39 is 0 Å². The third kappa shape index (κ3) is 6.54. The van der Waals surface area contributed by atoms with Gasteiger partial charge in [-0.1, -0.05) is 41.9 Å². The molecule has 35 heavy (non-hydrogen) atoms. The van der Waals surface area contributed by atoms with Gasteiger partial charge in [-0.3, -0.25) is 10.2 Å². The number of hydrogen-bond donors (Lipinski definition) is 3. The number of anilines is 2. The number of carbonyl (C=O) groups excluding carboxylic acids is 1. The Hall–Kier alpha value is -2.60. The number of thiazole rings is 1. The van der Waals surface area contributed by atoms with E-state index in [1.54, 1.807) is 12.4 Å². The molecule has 0 saturated carbocycles. The summed E-state index contributed by atoms with van der Waals surface area (Å²) in [7, 11) is 0. The third-order valence-electron chi connectivity index (χ3n) is 6.15. The van der Waals surface area contributed by atoms with Gasteiger partial charge in [0.15, 0.2) is 5.13 Å². The Morgan fingerprint density at radius 2 is 1.83 bits per heavy atom. The maximum absolute atomic E-state index is 12.4. The summed E-state index contributed by atoms with van der Waals surface area (Å²) in [6.07, 6.45) is 3.48. The van der Waals surface area contributed by atoms with E-state index in [9.17, 15) is 4.79 Å². The highest BCUT2D eigenvalue weighted by atomic mass is 79.9. The first-order valence-electron chi connectivity index (χ1n) is 11.5. The zero-order valence-electron chi connectivity index (χ0n) is 19.9. The maximum Gasteiger partial charge on any atom is 0.321 e. The van der Waals surface area contributed by atoms with Gasteiger partial charge in [-0.2, -0.15) is 0 Å². The Morgan fingerprint density at radius 1 is 1.14 bits per heavy atom. The molecule has 0 aliphatic carbocycles. The fraction of sp³-hybridized carbons (Fsp3) is 0.417. The van der Waals surface area contributed by atoms with Crippen LogP contribution in [0.3, 0.4) is 0 Å². The molecule has 1 aromatic carbocycles. The molecule has 0 spiro atoms. The standard InChI is InChI=1S/C24H30BrN7O2S/c1-24(2,18-3-5-19(25)6-4-18)20-16-35-23(29-20)30-22(34)28-15-17-13-26-21(27-14-17)32-9-7-31(8-10-32)11-12-33/h3-6,13-14,16,33H,7-12,15H2,1-2H3,(H2,28,29,30,34). The van der Waals surface area contributed by atoms with Crippen LogP contribution in [0.25, 0.3) is 0 Å². The lowest BCUT2D eigenvalue weighted by atomic mass is 9.82. The van der Waals surface area contributed by atoms with Crippen molar-refractivity contribution in [2.24, 2.45) is 0 Å².